The van der Waals surface area contributed by atoms with Gasteiger partial charge in [0.2, 0.25) is 5.95 Å². The van der Waals surface area contributed by atoms with Crippen LogP contribution in [0, 0.1) is 0 Å². The Morgan fingerprint density at radius 3 is 2.60 bits per heavy atom. The van der Waals surface area contributed by atoms with Crippen molar-refractivity contribution in [1.29, 1.82) is 0 Å². The van der Waals surface area contributed by atoms with Crippen LogP contribution in [0.2, 0.25) is 0 Å². The average Bonchev–Trinajstić information content (AvgIpc) is 2.66. The SMILES string of the molecule is CCc1nc(N2CCC(F)(F)CC2)n[nH]1. The monoisotopic (exact) mass is 216 g/mol. The molecular weight excluding hydrogens is 202 g/mol. The second-order valence-corrected chi connectivity index (χ2v) is 3.78. The summed E-state index contributed by atoms with van der Waals surface area (Å²) < 4.78 is 25.8. The molecule has 0 saturated carbocycles. The molecule has 15 heavy (non-hydrogen) atoms. The third-order valence-corrected chi connectivity index (χ3v) is 2.63. The molecule has 0 aliphatic carbocycles. The van der Waals surface area contributed by atoms with E-state index in [9.17, 15) is 8.78 Å². The molecule has 0 atom stereocenters. The number of piperidine rings is 1. The van der Waals surface area contributed by atoms with Crippen molar-refractivity contribution in [3.63, 3.8) is 0 Å². The van der Waals surface area contributed by atoms with Gasteiger partial charge >= 0.3 is 0 Å². The molecular formula is C9H14F2N4. The molecule has 1 N–H and O–H groups in total. The van der Waals surface area contributed by atoms with Gasteiger partial charge in [-0.15, -0.1) is 5.10 Å². The minimum atomic E-state index is -2.51. The summed E-state index contributed by atoms with van der Waals surface area (Å²) in [6.45, 7) is 2.62. The summed E-state index contributed by atoms with van der Waals surface area (Å²) >= 11 is 0. The van der Waals surface area contributed by atoms with E-state index < -0.39 is 5.92 Å². The first-order valence-corrected chi connectivity index (χ1v) is 5.15. The normalized spacial score (nSPS) is 20.6. The minimum Gasteiger partial charge on any atom is -0.339 e. The van der Waals surface area contributed by atoms with E-state index in [2.05, 4.69) is 15.2 Å². The Morgan fingerprint density at radius 2 is 2.07 bits per heavy atom. The fourth-order valence-corrected chi connectivity index (χ4v) is 1.62. The lowest BCUT2D eigenvalue weighted by Gasteiger charge is -2.30. The molecule has 1 aromatic rings. The predicted molar refractivity (Wildman–Crippen MR) is 52.2 cm³/mol. The summed E-state index contributed by atoms with van der Waals surface area (Å²) in [7, 11) is 0. The van der Waals surface area contributed by atoms with E-state index in [-0.39, 0.29) is 12.8 Å². The molecule has 4 nitrogen and oxygen atoms in total. The summed E-state index contributed by atoms with van der Waals surface area (Å²) in [5.74, 6) is -1.18. The van der Waals surface area contributed by atoms with Crippen LogP contribution in [0.4, 0.5) is 14.7 Å². The number of nitrogens with zero attached hydrogens (tertiary/aromatic N) is 3. The lowest BCUT2D eigenvalue weighted by Crippen LogP contribution is -2.39. The molecule has 0 aromatic carbocycles. The fourth-order valence-electron chi connectivity index (χ4n) is 1.62. The molecule has 0 radical (unpaired) electrons. The molecule has 2 heterocycles. The van der Waals surface area contributed by atoms with Crippen molar-refractivity contribution < 1.29 is 8.78 Å². The largest absolute Gasteiger partial charge is 0.339 e. The van der Waals surface area contributed by atoms with Gasteiger partial charge in [0.25, 0.3) is 5.92 Å². The van der Waals surface area contributed by atoms with Gasteiger partial charge in [-0.3, -0.25) is 5.10 Å². The summed E-state index contributed by atoms with van der Waals surface area (Å²) in [5.41, 5.74) is 0. The van der Waals surface area contributed by atoms with Crippen molar-refractivity contribution in [2.75, 3.05) is 18.0 Å². The molecule has 1 aliphatic rings. The highest BCUT2D eigenvalue weighted by Gasteiger charge is 2.34. The molecule has 6 heteroatoms. The average molecular weight is 216 g/mol. The molecule has 1 fully saturated rings. The number of aromatic amines is 1. The minimum absolute atomic E-state index is 0.108. The van der Waals surface area contributed by atoms with Crippen molar-refractivity contribution >= 4 is 5.95 Å². The first kappa shape index (κ1) is 10.3. The number of hydrogen-bond donors (Lipinski definition) is 1. The first-order valence-electron chi connectivity index (χ1n) is 5.15. The van der Waals surface area contributed by atoms with E-state index >= 15 is 0 Å². The van der Waals surface area contributed by atoms with Crippen molar-refractivity contribution in [1.82, 2.24) is 15.2 Å². The Hall–Kier alpha value is -1.20. The third kappa shape index (κ3) is 2.24. The molecule has 1 aromatic heterocycles. The van der Waals surface area contributed by atoms with Crippen molar-refractivity contribution in [2.45, 2.75) is 32.1 Å². The van der Waals surface area contributed by atoms with Crippen LogP contribution in [0.3, 0.4) is 0 Å². The highest BCUT2D eigenvalue weighted by atomic mass is 19.3. The molecule has 1 saturated heterocycles. The van der Waals surface area contributed by atoms with E-state index in [0.29, 0.717) is 19.0 Å². The smallest absolute Gasteiger partial charge is 0.251 e. The van der Waals surface area contributed by atoms with E-state index in [1.54, 1.807) is 4.90 Å². The maximum atomic E-state index is 12.9. The third-order valence-electron chi connectivity index (χ3n) is 2.63. The summed E-state index contributed by atoms with van der Waals surface area (Å²) in [6, 6.07) is 0. The molecule has 0 unspecified atom stereocenters. The molecule has 2 rings (SSSR count). The number of aromatic nitrogens is 3. The summed E-state index contributed by atoms with van der Waals surface area (Å²) in [4.78, 5) is 6.01. The number of anilines is 1. The van der Waals surface area contributed by atoms with Crippen LogP contribution in [-0.4, -0.2) is 34.2 Å². The van der Waals surface area contributed by atoms with E-state index in [1.165, 1.54) is 0 Å². The predicted octanol–water partition coefficient (Wildman–Crippen LogP) is 1.60. The molecule has 0 spiro atoms. The van der Waals surface area contributed by atoms with E-state index in [4.69, 9.17) is 0 Å². The van der Waals surface area contributed by atoms with Crippen molar-refractivity contribution in [3.05, 3.63) is 5.82 Å². The van der Waals surface area contributed by atoms with Gasteiger partial charge in [0.05, 0.1) is 0 Å². The molecule has 1 aliphatic heterocycles. The van der Waals surface area contributed by atoms with Gasteiger partial charge < -0.3 is 4.90 Å². The number of H-pyrrole nitrogens is 1. The van der Waals surface area contributed by atoms with Crippen LogP contribution in [0.1, 0.15) is 25.6 Å². The van der Waals surface area contributed by atoms with Crippen LogP contribution in [0.25, 0.3) is 0 Å². The Kier molecular flexibility index (Phi) is 2.58. The van der Waals surface area contributed by atoms with Gasteiger partial charge in [0.15, 0.2) is 0 Å². The molecule has 84 valence electrons. The lowest BCUT2D eigenvalue weighted by molar-refractivity contribution is -0.0222. The second kappa shape index (κ2) is 3.75. The highest BCUT2D eigenvalue weighted by Crippen LogP contribution is 2.28. The standard InChI is InChI=1S/C9H14F2N4/c1-2-7-12-8(14-13-7)15-5-3-9(10,11)4-6-15/h2-6H2,1H3,(H,12,13,14). The number of halogens is 2. The zero-order chi connectivity index (χ0) is 10.9. The van der Waals surface area contributed by atoms with Gasteiger partial charge in [0.1, 0.15) is 5.82 Å². The number of hydrogen-bond acceptors (Lipinski definition) is 3. The fraction of sp³-hybridized carbons (Fsp3) is 0.778. The molecule has 0 amide bonds. The first-order chi connectivity index (χ1) is 7.11. The topological polar surface area (TPSA) is 44.8 Å². The van der Waals surface area contributed by atoms with Crippen LogP contribution >= 0.6 is 0 Å². The van der Waals surface area contributed by atoms with Crippen molar-refractivity contribution in [3.8, 4) is 0 Å². The zero-order valence-electron chi connectivity index (χ0n) is 8.63. The zero-order valence-corrected chi connectivity index (χ0v) is 8.63. The number of nitrogens with one attached hydrogen (secondary N) is 1. The Morgan fingerprint density at radius 1 is 1.40 bits per heavy atom. The summed E-state index contributed by atoms with van der Waals surface area (Å²) in [5, 5.41) is 6.79. The van der Waals surface area contributed by atoms with E-state index in [0.717, 1.165) is 12.2 Å². The van der Waals surface area contributed by atoms with Crippen LogP contribution in [0.15, 0.2) is 0 Å². The van der Waals surface area contributed by atoms with Gasteiger partial charge in [-0.2, -0.15) is 4.98 Å². The van der Waals surface area contributed by atoms with Gasteiger partial charge in [-0.05, 0) is 0 Å². The van der Waals surface area contributed by atoms with Crippen LogP contribution in [0.5, 0.6) is 0 Å². The van der Waals surface area contributed by atoms with Gasteiger partial charge in [0, 0.05) is 32.4 Å². The van der Waals surface area contributed by atoms with Gasteiger partial charge in [-0.25, -0.2) is 8.78 Å². The number of rotatable bonds is 2. The van der Waals surface area contributed by atoms with Crippen LogP contribution in [-0.2, 0) is 6.42 Å². The number of aryl methyl sites for hydroxylation is 1. The highest BCUT2D eigenvalue weighted by molar-refractivity contribution is 5.29. The lowest BCUT2D eigenvalue weighted by atomic mass is 10.1. The van der Waals surface area contributed by atoms with E-state index in [1.807, 2.05) is 6.92 Å². The maximum Gasteiger partial charge on any atom is 0.251 e. The Balaban J connectivity index is 2.01. The Bertz CT molecular complexity index is 327. The summed E-state index contributed by atoms with van der Waals surface area (Å²) in [6.07, 6.45) is 0.559. The maximum absolute atomic E-state index is 12.9. The van der Waals surface area contributed by atoms with Gasteiger partial charge in [-0.1, -0.05) is 6.92 Å². The van der Waals surface area contributed by atoms with Crippen molar-refractivity contribution in [2.24, 2.45) is 0 Å². The second-order valence-electron chi connectivity index (χ2n) is 3.78. The quantitative estimate of drug-likeness (QED) is 0.816. The Labute approximate surface area is 86.7 Å². The van der Waals surface area contributed by atoms with Crippen LogP contribution < -0.4 is 4.90 Å². The molecule has 0 bridgehead atoms. The number of alkyl halides is 2.